The van der Waals surface area contributed by atoms with Crippen molar-refractivity contribution in [1.82, 2.24) is 20.4 Å². The largest absolute Gasteiger partial charge is 0.454 e. The van der Waals surface area contributed by atoms with Crippen LogP contribution in [0.3, 0.4) is 0 Å². The third-order valence-corrected chi connectivity index (χ3v) is 6.36. The summed E-state index contributed by atoms with van der Waals surface area (Å²) in [4.78, 5) is 6.83. The number of rotatable bonds is 7. The molecule has 3 heterocycles. The van der Waals surface area contributed by atoms with Gasteiger partial charge in [0.15, 0.2) is 16.6 Å². The summed E-state index contributed by atoms with van der Waals surface area (Å²) in [7, 11) is 1.70. The number of hydrogen-bond donors (Lipinski definition) is 1. The standard InChI is InChI=1S/C25H26N4O4S/c1-15-5-7-17(8-6-15)22-21(16(2)29(25(34)26-22)11-4-12-30-3)24-27-23(28-33-24)18-9-10-19-20(13-18)32-14-31-19/h5-10,13,22H,4,11-12,14H2,1-3H3,(H,26,34). The quantitative estimate of drug-likeness (QED) is 0.391. The van der Waals surface area contributed by atoms with Crippen LogP contribution in [0.15, 0.2) is 52.7 Å². The zero-order chi connectivity index (χ0) is 23.7. The molecule has 0 saturated carbocycles. The van der Waals surface area contributed by atoms with Crippen LogP contribution in [0.4, 0.5) is 0 Å². The Labute approximate surface area is 203 Å². The Hall–Kier alpha value is -3.43. The van der Waals surface area contributed by atoms with Crippen LogP contribution in [-0.2, 0) is 4.74 Å². The summed E-state index contributed by atoms with van der Waals surface area (Å²) < 4.78 is 21.9. The Balaban J connectivity index is 1.54. The average Bonchev–Trinajstić information content (AvgIpc) is 3.50. The van der Waals surface area contributed by atoms with Crippen LogP contribution in [0.5, 0.6) is 11.5 Å². The number of methoxy groups -OCH3 is 1. The van der Waals surface area contributed by atoms with Crippen LogP contribution in [0.1, 0.15) is 36.4 Å². The molecule has 0 saturated heterocycles. The first-order chi connectivity index (χ1) is 16.5. The summed E-state index contributed by atoms with van der Waals surface area (Å²) in [6.07, 6.45) is 0.838. The number of aryl methyl sites for hydroxylation is 1. The van der Waals surface area contributed by atoms with Gasteiger partial charge in [0.05, 0.1) is 11.6 Å². The summed E-state index contributed by atoms with van der Waals surface area (Å²) in [5, 5.41) is 8.42. The Morgan fingerprint density at radius 3 is 2.71 bits per heavy atom. The lowest BCUT2D eigenvalue weighted by molar-refractivity contribution is 0.174. The highest BCUT2D eigenvalue weighted by Crippen LogP contribution is 2.39. The second-order valence-corrected chi connectivity index (χ2v) is 8.67. The molecule has 34 heavy (non-hydrogen) atoms. The molecular weight excluding hydrogens is 452 g/mol. The van der Waals surface area contributed by atoms with E-state index in [1.807, 2.05) is 25.1 Å². The number of hydrogen-bond acceptors (Lipinski definition) is 7. The molecule has 2 aromatic carbocycles. The van der Waals surface area contributed by atoms with Crippen molar-refractivity contribution in [2.75, 3.05) is 27.1 Å². The molecule has 0 aliphatic carbocycles. The average molecular weight is 479 g/mol. The van der Waals surface area contributed by atoms with Gasteiger partial charge in [-0.3, -0.25) is 0 Å². The predicted molar refractivity (Wildman–Crippen MR) is 131 cm³/mol. The maximum atomic E-state index is 5.81. The number of nitrogens with zero attached hydrogens (tertiary/aromatic N) is 3. The van der Waals surface area contributed by atoms with E-state index in [-0.39, 0.29) is 12.8 Å². The second kappa shape index (κ2) is 9.44. The molecular formula is C25H26N4O4S. The van der Waals surface area contributed by atoms with E-state index in [2.05, 4.69) is 46.6 Å². The molecule has 5 rings (SSSR count). The zero-order valence-electron chi connectivity index (χ0n) is 19.3. The summed E-state index contributed by atoms with van der Waals surface area (Å²) in [6.45, 7) is 5.70. The molecule has 1 unspecified atom stereocenters. The number of ether oxygens (including phenoxy) is 3. The Morgan fingerprint density at radius 1 is 1.12 bits per heavy atom. The van der Waals surface area contributed by atoms with E-state index in [0.717, 1.165) is 35.4 Å². The molecule has 1 aromatic heterocycles. The maximum Gasteiger partial charge on any atom is 0.258 e. The van der Waals surface area contributed by atoms with Crippen molar-refractivity contribution in [3.8, 4) is 22.9 Å². The van der Waals surface area contributed by atoms with Gasteiger partial charge in [-0.15, -0.1) is 0 Å². The minimum atomic E-state index is -0.211. The van der Waals surface area contributed by atoms with Crippen LogP contribution in [0.2, 0.25) is 0 Å². The summed E-state index contributed by atoms with van der Waals surface area (Å²) in [5.41, 5.74) is 4.93. The zero-order valence-corrected chi connectivity index (χ0v) is 20.1. The fourth-order valence-electron chi connectivity index (χ4n) is 4.19. The second-order valence-electron chi connectivity index (χ2n) is 8.28. The highest BCUT2D eigenvalue weighted by atomic mass is 32.1. The topological polar surface area (TPSA) is 81.9 Å². The van der Waals surface area contributed by atoms with Gasteiger partial charge in [0, 0.05) is 31.5 Å². The Kier molecular flexibility index (Phi) is 6.21. The van der Waals surface area contributed by atoms with Crippen molar-refractivity contribution in [2.24, 2.45) is 0 Å². The van der Waals surface area contributed by atoms with Crippen LogP contribution < -0.4 is 14.8 Å². The van der Waals surface area contributed by atoms with Gasteiger partial charge in [0.2, 0.25) is 12.6 Å². The molecule has 1 atom stereocenters. The smallest absolute Gasteiger partial charge is 0.258 e. The first-order valence-corrected chi connectivity index (χ1v) is 11.5. The van der Waals surface area contributed by atoms with E-state index in [9.17, 15) is 0 Å². The van der Waals surface area contributed by atoms with Crippen molar-refractivity contribution in [3.63, 3.8) is 0 Å². The van der Waals surface area contributed by atoms with E-state index in [0.29, 0.717) is 34.9 Å². The molecule has 0 spiro atoms. The maximum absolute atomic E-state index is 5.81. The van der Waals surface area contributed by atoms with Crippen molar-refractivity contribution < 1.29 is 18.7 Å². The minimum absolute atomic E-state index is 0.211. The Bertz CT molecular complexity index is 1240. The van der Waals surface area contributed by atoms with Crippen molar-refractivity contribution in [1.29, 1.82) is 0 Å². The highest BCUT2D eigenvalue weighted by molar-refractivity contribution is 7.80. The number of thiocarbonyl (C=S) groups is 1. The predicted octanol–water partition coefficient (Wildman–Crippen LogP) is 4.47. The SMILES string of the molecule is COCCCN1C(=S)NC(c2ccc(C)cc2)C(c2nc(-c3ccc4c(c3)OCO4)no2)=C1C. The third-order valence-electron chi connectivity index (χ3n) is 6.02. The fraction of sp³-hybridized carbons (Fsp3) is 0.320. The van der Waals surface area contributed by atoms with Gasteiger partial charge in [-0.1, -0.05) is 35.0 Å². The van der Waals surface area contributed by atoms with Gasteiger partial charge in [0.25, 0.3) is 5.89 Å². The van der Waals surface area contributed by atoms with Gasteiger partial charge < -0.3 is 29.0 Å². The van der Waals surface area contributed by atoms with E-state index >= 15 is 0 Å². The van der Waals surface area contributed by atoms with Crippen LogP contribution in [0, 0.1) is 6.92 Å². The van der Waals surface area contributed by atoms with E-state index < -0.39 is 0 Å². The van der Waals surface area contributed by atoms with E-state index in [4.69, 9.17) is 35.9 Å². The summed E-state index contributed by atoms with van der Waals surface area (Å²) >= 11 is 5.73. The molecule has 9 heteroatoms. The lowest BCUT2D eigenvalue weighted by Gasteiger charge is -2.37. The molecule has 0 radical (unpaired) electrons. The third kappa shape index (κ3) is 4.24. The van der Waals surface area contributed by atoms with Crippen molar-refractivity contribution in [2.45, 2.75) is 26.3 Å². The molecule has 0 fully saturated rings. The molecule has 8 nitrogen and oxygen atoms in total. The molecule has 2 aliphatic heterocycles. The fourth-order valence-corrected chi connectivity index (χ4v) is 4.54. The van der Waals surface area contributed by atoms with E-state index in [1.165, 1.54) is 5.56 Å². The molecule has 176 valence electrons. The molecule has 0 amide bonds. The number of fused-ring (bicyclic) bond motifs is 1. The summed E-state index contributed by atoms with van der Waals surface area (Å²) in [5.74, 6) is 2.31. The summed E-state index contributed by atoms with van der Waals surface area (Å²) in [6, 6.07) is 13.8. The van der Waals surface area contributed by atoms with Crippen LogP contribution >= 0.6 is 12.2 Å². The first kappa shape index (κ1) is 22.4. The van der Waals surface area contributed by atoms with E-state index in [1.54, 1.807) is 7.11 Å². The number of aromatic nitrogens is 2. The number of benzene rings is 2. The van der Waals surface area contributed by atoms with Gasteiger partial charge in [-0.2, -0.15) is 4.98 Å². The normalized spacial score (nSPS) is 17.3. The lowest BCUT2D eigenvalue weighted by atomic mass is 9.94. The number of nitrogens with one attached hydrogen (secondary N) is 1. The molecule has 0 bridgehead atoms. The monoisotopic (exact) mass is 478 g/mol. The van der Waals surface area contributed by atoms with Gasteiger partial charge in [-0.05, 0) is 56.2 Å². The molecule has 3 aromatic rings. The van der Waals surface area contributed by atoms with Crippen molar-refractivity contribution in [3.05, 3.63) is 65.2 Å². The van der Waals surface area contributed by atoms with Gasteiger partial charge in [0.1, 0.15) is 0 Å². The highest BCUT2D eigenvalue weighted by Gasteiger charge is 2.34. The number of allylic oxidation sites excluding steroid dienone is 1. The first-order valence-electron chi connectivity index (χ1n) is 11.1. The minimum Gasteiger partial charge on any atom is -0.454 e. The van der Waals surface area contributed by atoms with Crippen LogP contribution in [0.25, 0.3) is 17.0 Å². The molecule has 2 aliphatic rings. The van der Waals surface area contributed by atoms with Gasteiger partial charge >= 0.3 is 0 Å². The molecule has 1 N–H and O–H groups in total. The van der Waals surface area contributed by atoms with Crippen molar-refractivity contribution >= 4 is 22.9 Å². The Morgan fingerprint density at radius 2 is 1.91 bits per heavy atom. The van der Waals surface area contributed by atoms with Gasteiger partial charge in [-0.25, -0.2) is 0 Å². The lowest BCUT2D eigenvalue weighted by Crippen LogP contribution is -2.46. The van der Waals surface area contributed by atoms with Crippen LogP contribution in [-0.4, -0.2) is 47.2 Å².